The zero-order valence-electron chi connectivity index (χ0n) is 12.1. The number of rotatable bonds is 4. The Morgan fingerprint density at radius 1 is 1.33 bits per heavy atom. The van der Waals surface area contributed by atoms with Crippen molar-refractivity contribution >= 4 is 5.95 Å². The molecule has 0 radical (unpaired) electrons. The second-order valence-electron chi connectivity index (χ2n) is 5.17. The summed E-state index contributed by atoms with van der Waals surface area (Å²) in [5, 5.41) is 2.94. The number of halogens is 3. The van der Waals surface area contributed by atoms with Crippen LogP contribution in [0.3, 0.4) is 0 Å². The Bertz CT molecular complexity index is 475. The molecule has 0 amide bonds. The summed E-state index contributed by atoms with van der Waals surface area (Å²) in [6, 6.07) is 0.892. The molecule has 0 bridgehead atoms. The molecule has 1 saturated heterocycles. The molecule has 1 aliphatic rings. The van der Waals surface area contributed by atoms with Gasteiger partial charge in [0.15, 0.2) is 0 Å². The maximum atomic E-state index is 12.7. The number of anilines is 1. The molecule has 118 valence electrons. The molecule has 0 spiro atoms. The van der Waals surface area contributed by atoms with Gasteiger partial charge in [-0.1, -0.05) is 0 Å². The van der Waals surface area contributed by atoms with Gasteiger partial charge in [-0.2, -0.15) is 13.2 Å². The number of hydrogen-bond donors (Lipinski definition) is 1. The predicted molar refractivity (Wildman–Crippen MR) is 72.1 cm³/mol. The van der Waals surface area contributed by atoms with Gasteiger partial charge in [-0.05, 0) is 19.9 Å². The van der Waals surface area contributed by atoms with E-state index < -0.39 is 11.9 Å². The molecule has 0 aromatic carbocycles. The first kappa shape index (κ1) is 16.0. The maximum absolute atomic E-state index is 12.7. The molecular formula is C13H19F3N4O. The van der Waals surface area contributed by atoms with Gasteiger partial charge in [0.2, 0.25) is 5.95 Å². The summed E-state index contributed by atoms with van der Waals surface area (Å²) in [6.07, 6.45) is -4.46. The summed E-state index contributed by atoms with van der Waals surface area (Å²) in [4.78, 5) is 9.76. The molecule has 0 aliphatic carbocycles. The summed E-state index contributed by atoms with van der Waals surface area (Å²) < 4.78 is 43.4. The molecular weight excluding hydrogens is 285 g/mol. The third-order valence-electron chi connectivity index (χ3n) is 3.16. The van der Waals surface area contributed by atoms with Crippen LogP contribution >= 0.6 is 0 Å². The summed E-state index contributed by atoms with van der Waals surface area (Å²) in [5.41, 5.74) is -0.630. The van der Waals surface area contributed by atoms with Crippen LogP contribution in [0.25, 0.3) is 0 Å². The third-order valence-corrected chi connectivity index (χ3v) is 3.16. The van der Waals surface area contributed by atoms with Gasteiger partial charge in [-0.25, -0.2) is 9.97 Å². The van der Waals surface area contributed by atoms with Gasteiger partial charge in [0.05, 0.1) is 13.2 Å². The van der Waals surface area contributed by atoms with Crippen LogP contribution in [-0.4, -0.2) is 53.8 Å². The maximum Gasteiger partial charge on any atom is 0.433 e. The highest BCUT2D eigenvalue weighted by Gasteiger charge is 2.33. The number of morpholine rings is 1. The van der Waals surface area contributed by atoms with E-state index in [9.17, 15) is 13.2 Å². The zero-order valence-corrected chi connectivity index (χ0v) is 12.1. The van der Waals surface area contributed by atoms with Crippen LogP contribution in [0.2, 0.25) is 0 Å². The van der Waals surface area contributed by atoms with Gasteiger partial charge >= 0.3 is 6.18 Å². The molecule has 1 fully saturated rings. The van der Waals surface area contributed by atoms with Gasteiger partial charge in [-0.15, -0.1) is 0 Å². The Balaban J connectivity index is 1.99. The highest BCUT2D eigenvalue weighted by Crippen LogP contribution is 2.28. The number of nitrogens with one attached hydrogen (secondary N) is 1. The number of aryl methyl sites for hydroxylation is 1. The van der Waals surface area contributed by atoms with Crippen molar-refractivity contribution < 1.29 is 17.9 Å². The van der Waals surface area contributed by atoms with Gasteiger partial charge < -0.3 is 10.1 Å². The van der Waals surface area contributed by atoms with Crippen LogP contribution in [0, 0.1) is 6.92 Å². The largest absolute Gasteiger partial charge is 0.433 e. The van der Waals surface area contributed by atoms with Crippen LogP contribution in [0.1, 0.15) is 18.3 Å². The molecule has 21 heavy (non-hydrogen) atoms. The molecule has 0 unspecified atom stereocenters. The Morgan fingerprint density at radius 3 is 2.62 bits per heavy atom. The first-order chi connectivity index (χ1) is 9.84. The molecule has 2 rings (SSSR count). The average Bonchev–Trinajstić information content (AvgIpc) is 2.37. The molecule has 2 heterocycles. The van der Waals surface area contributed by atoms with Crippen molar-refractivity contribution in [2.45, 2.75) is 26.1 Å². The number of hydrogen-bond acceptors (Lipinski definition) is 5. The number of alkyl halides is 3. The van der Waals surface area contributed by atoms with Crippen molar-refractivity contribution in [3.8, 4) is 0 Å². The summed E-state index contributed by atoms with van der Waals surface area (Å²) in [5.74, 6) is 0.0167. The van der Waals surface area contributed by atoms with E-state index in [2.05, 4.69) is 20.2 Å². The second-order valence-corrected chi connectivity index (χ2v) is 5.17. The van der Waals surface area contributed by atoms with Crippen molar-refractivity contribution in [3.63, 3.8) is 0 Å². The quantitative estimate of drug-likeness (QED) is 0.921. The standard InChI is InChI=1S/C13H19F3N4O/c1-9-7-11(13(14,15)16)19-12(17-9)18-10(2)8-20-3-5-21-6-4-20/h7,10H,3-6,8H2,1-2H3,(H,17,18,19)/t10-/m0/s1. The topological polar surface area (TPSA) is 50.3 Å². The van der Waals surface area contributed by atoms with Crippen molar-refractivity contribution in [2.24, 2.45) is 0 Å². The summed E-state index contributed by atoms with van der Waals surface area (Å²) in [6.45, 7) is 7.16. The van der Waals surface area contributed by atoms with Crippen molar-refractivity contribution in [1.29, 1.82) is 0 Å². The molecule has 5 nitrogen and oxygen atoms in total. The fourth-order valence-corrected chi connectivity index (χ4v) is 2.22. The molecule has 8 heteroatoms. The molecule has 0 saturated carbocycles. The lowest BCUT2D eigenvalue weighted by atomic mass is 10.3. The number of aromatic nitrogens is 2. The highest BCUT2D eigenvalue weighted by molar-refractivity contribution is 5.30. The van der Waals surface area contributed by atoms with Gasteiger partial charge in [0, 0.05) is 31.4 Å². The van der Waals surface area contributed by atoms with Crippen molar-refractivity contribution in [2.75, 3.05) is 38.2 Å². The Kier molecular flexibility index (Phi) is 5.00. The van der Waals surface area contributed by atoms with Crippen LogP contribution < -0.4 is 5.32 Å². The molecule has 1 N–H and O–H groups in total. The van der Waals surface area contributed by atoms with Crippen molar-refractivity contribution in [1.82, 2.24) is 14.9 Å². The first-order valence-electron chi connectivity index (χ1n) is 6.84. The molecule has 1 atom stereocenters. The Labute approximate surface area is 121 Å². The zero-order chi connectivity index (χ0) is 15.5. The second kappa shape index (κ2) is 6.57. The fraction of sp³-hybridized carbons (Fsp3) is 0.692. The van der Waals surface area contributed by atoms with Gasteiger partial charge in [-0.3, -0.25) is 4.90 Å². The van der Waals surface area contributed by atoms with Crippen LogP contribution in [0.5, 0.6) is 0 Å². The van der Waals surface area contributed by atoms with Crippen LogP contribution in [0.4, 0.5) is 19.1 Å². The normalized spacial score (nSPS) is 18.5. The highest BCUT2D eigenvalue weighted by atomic mass is 19.4. The minimum absolute atomic E-state index is 0.0167. The predicted octanol–water partition coefficient (Wildman–Crippen LogP) is 1.94. The lowest BCUT2D eigenvalue weighted by Crippen LogP contribution is -2.42. The summed E-state index contributed by atoms with van der Waals surface area (Å²) in [7, 11) is 0. The van der Waals surface area contributed by atoms with E-state index in [1.54, 1.807) is 0 Å². The van der Waals surface area contributed by atoms with Gasteiger partial charge in [0.1, 0.15) is 5.69 Å². The minimum Gasteiger partial charge on any atom is -0.379 e. The third kappa shape index (κ3) is 4.82. The van der Waals surface area contributed by atoms with E-state index >= 15 is 0 Å². The summed E-state index contributed by atoms with van der Waals surface area (Å²) >= 11 is 0. The number of ether oxygens (including phenoxy) is 1. The Morgan fingerprint density at radius 2 is 2.00 bits per heavy atom. The fourth-order valence-electron chi connectivity index (χ4n) is 2.22. The molecule has 1 aliphatic heterocycles. The van der Waals surface area contributed by atoms with Crippen LogP contribution in [-0.2, 0) is 10.9 Å². The van der Waals surface area contributed by atoms with Crippen molar-refractivity contribution in [3.05, 3.63) is 17.5 Å². The van der Waals surface area contributed by atoms with Crippen LogP contribution in [0.15, 0.2) is 6.07 Å². The van der Waals surface area contributed by atoms with E-state index in [0.717, 1.165) is 19.2 Å². The molecule has 1 aromatic rings. The van der Waals surface area contributed by atoms with E-state index in [-0.39, 0.29) is 12.0 Å². The Hall–Kier alpha value is -1.41. The smallest absolute Gasteiger partial charge is 0.379 e. The SMILES string of the molecule is Cc1cc(C(F)(F)F)nc(N[C@@H](C)CN2CCOCC2)n1. The van der Waals surface area contributed by atoms with E-state index in [0.29, 0.717) is 25.5 Å². The van der Waals surface area contributed by atoms with E-state index in [1.165, 1.54) is 6.92 Å². The number of nitrogens with zero attached hydrogens (tertiary/aromatic N) is 3. The lowest BCUT2D eigenvalue weighted by Gasteiger charge is -2.29. The van der Waals surface area contributed by atoms with E-state index in [1.807, 2.05) is 6.92 Å². The minimum atomic E-state index is -4.46. The average molecular weight is 304 g/mol. The monoisotopic (exact) mass is 304 g/mol. The first-order valence-corrected chi connectivity index (χ1v) is 6.84. The van der Waals surface area contributed by atoms with E-state index in [4.69, 9.17) is 4.74 Å². The molecule has 1 aromatic heterocycles. The lowest BCUT2D eigenvalue weighted by molar-refractivity contribution is -0.141. The van der Waals surface area contributed by atoms with Gasteiger partial charge in [0.25, 0.3) is 0 Å².